The molecule has 0 aliphatic carbocycles. The zero-order valence-electron chi connectivity index (χ0n) is 9.70. The molecule has 2 heterocycles. The number of H-pyrrole nitrogens is 1. The van der Waals surface area contributed by atoms with Crippen LogP contribution in [0.3, 0.4) is 0 Å². The first-order valence-corrected chi connectivity index (χ1v) is 7.14. The Morgan fingerprint density at radius 3 is 2.94 bits per heavy atom. The van der Waals surface area contributed by atoms with Crippen LogP contribution < -0.4 is 5.73 Å². The Morgan fingerprint density at radius 2 is 2.22 bits per heavy atom. The van der Waals surface area contributed by atoms with Crippen molar-refractivity contribution in [2.45, 2.75) is 13.3 Å². The van der Waals surface area contributed by atoms with Gasteiger partial charge in [0.15, 0.2) is 5.13 Å². The molecule has 92 valence electrons. The summed E-state index contributed by atoms with van der Waals surface area (Å²) >= 11 is 4.94. The number of nitrogen functional groups attached to an aromatic ring is 1. The monoisotopic (exact) mass is 322 g/mol. The lowest BCUT2D eigenvalue weighted by atomic mass is 10.2. The summed E-state index contributed by atoms with van der Waals surface area (Å²) in [4.78, 5) is 12.2. The van der Waals surface area contributed by atoms with Crippen LogP contribution in [0.2, 0.25) is 0 Å². The summed E-state index contributed by atoms with van der Waals surface area (Å²) in [6.07, 6.45) is 0.680. The minimum atomic E-state index is 0.597. The van der Waals surface area contributed by atoms with Crippen molar-refractivity contribution in [1.29, 1.82) is 0 Å². The van der Waals surface area contributed by atoms with E-state index in [9.17, 15) is 0 Å². The number of hydrogen-bond acceptors (Lipinski definition) is 4. The van der Waals surface area contributed by atoms with Crippen LogP contribution in [0.15, 0.2) is 22.0 Å². The quantitative estimate of drug-likeness (QED) is 0.760. The Bertz CT molecular complexity index is 716. The largest absolute Gasteiger partial charge is 0.375 e. The van der Waals surface area contributed by atoms with Gasteiger partial charge in [-0.05, 0) is 24.6 Å². The second-order valence-corrected chi connectivity index (χ2v) is 5.96. The van der Waals surface area contributed by atoms with Crippen LogP contribution in [0.25, 0.3) is 11.0 Å². The topological polar surface area (TPSA) is 67.6 Å². The lowest BCUT2D eigenvalue weighted by molar-refractivity contribution is 1.00. The average Bonchev–Trinajstić information content (AvgIpc) is 2.85. The lowest BCUT2D eigenvalue weighted by Gasteiger charge is -1.94. The van der Waals surface area contributed by atoms with E-state index < -0.39 is 0 Å². The molecule has 0 atom stereocenters. The van der Waals surface area contributed by atoms with Gasteiger partial charge in [-0.2, -0.15) is 0 Å². The number of fused-ring (bicyclic) bond motifs is 1. The van der Waals surface area contributed by atoms with Crippen molar-refractivity contribution in [3.05, 3.63) is 39.1 Å². The standard InChI is InChI=1S/C12H11BrN4S/c1-6-2-7(13)3-9-11(6)17-10(16-9)4-8-5-18-12(14)15-8/h2-3,5H,4H2,1H3,(H2,14,15)(H,16,17). The minimum Gasteiger partial charge on any atom is -0.375 e. The highest BCUT2D eigenvalue weighted by Crippen LogP contribution is 2.23. The maximum Gasteiger partial charge on any atom is 0.180 e. The van der Waals surface area contributed by atoms with Gasteiger partial charge in [-0.3, -0.25) is 0 Å². The Balaban J connectivity index is 2.01. The molecule has 6 heteroatoms. The van der Waals surface area contributed by atoms with Gasteiger partial charge in [0.05, 0.1) is 16.7 Å². The molecule has 0 amide bonds. The molecule has 3 N–H and O–H groups in total. The summed E-state index contributed by atoms with van der Waals surface area (Å²) in [5, 5.41) is 2.56. The number of benzene rings is 1. The fourth-order valence-electron chi connectivity index (χ4n) is 1.96. The maximum absolute atomic E-state index is 5.62. The van der Waals surface area contributed by atoms with Crippen LogP contribution in [0.1, 0.15) is 17.1 Å². The fraction of sp³-hybridized carbons (Fsp3) is 0.167. The van der Waals surface area contributed by atoms with Gasteiger partial charge in [-0.15, -0.1) is 11.3 Å². The van der Waals surface area contributed by atoms with Crippen LogP contribution in [0, 0.1) is 6.92 Å². The Hall–Kier alpha value is -1.40. The summed E-state index contributed by atoms with van der Waals surface area (Å²) < 4.78 is 1.06. The average molecular weight is 323 g/mol. The smallest absolute Gasteiger partial charge is 0.180 e. The maximum atomic E-state index is 5.62. The zero-order chi connectivity index (χ0) is 12.7. The van der Waals surface area contributed by atoms with Crippen molar-refractivity contribution < 1.29 is 0 Å². The van der Waals surface area contributed by atoms with Crippen molar-refractivity contribution in [2.24, 2.45) is 0 Å². The SMILES string of the molecule is Cc1cc(Br)cc2[nH]c(Cc3csc(N)n3)nc12. The summed E-state index contributed by atoms with van der Waals surface area (Å²) in [7, 11) is 0. The fourth-order valence-corrected chi connectivity index (χ4v) is 3.09. The molecule has 0 fully saturated rings. The number of aromatic nitrogens is 3. The molecule has 3 aromatic rings. The van der Waals surface area contributed by atoms with Crippen LogP contribution in [-0.4, -0.2) is 15.0 Å². The van der Waals surface area contributed by atoms with Gasteiger partial charge >= 0.3 is 0 Å². The predicted octanol–water partition coefficient (Wildman–Crippen LogP) is 3.26. The molecule has 0 radical (unpaired) electrons. The number of aromatic amines is 1. The van der Waals surface area contributed by atoms with Gasteiger partial charge in [0, 0.05) is 16.3 Å². The van der Waals surface area contributed by atoms with Crippen LogP contribution in [0.4, 0.5) is 5.13 Å². The lowest BCUT2D eigenvalue weighted by Crippen LogP contribution is -1.91. The van der Waals surface area contributed by atoms with E-state index in [-0.39, 0.29) is 0 Å². The van der Waals surface area contributed by atoms with E-state index in [2.05, 4.69) is 43.9 Å². The van der Waals surface area contributed by atoms with E-state index in [1.54, 1.807) is 0 Å². The Morgan fingerprint density at radius 1 is 1.39 bits per heavy atom. The summed E-state index contributed by atoms with van der Waals surface area (Å²) in [6, 6.07) is 4.10. The Labute approximate surface area is 116 Å². The van der Waals surface area contributed by atoms with E-state index in [0.29, 0.717) is 11.6 Å². The number of nitrogens with one attached hydrogen (secondary N) is 1. The first-order chi connectivity index (χ1) is 8.61. The number of anilines is 1. The molecular formula is C12H11BrN4S. The van der Waals surface area contributed by atoms with Crippen molar-refractivity contribution >= 4 is 43.4 Å². The molecule has 1 aromatic carbocycles. The molecule has 2 aromatic heterocycles. The highest BCUT2D eigenvalue weighted by molar-refractivity contribution is 9.10. The molecule has 4 nitrogen and oxygen atoms in total. The molecule has 0 aliphatic heterocycles. The van der Waals surface area contributed by atoms with Crippen molar-refractivity contribution in [2.75, 3.05) is 5.73 Å². The highest BCUT2D eigenvalue weighted by atomic mass is 79.9. The second kappa shape index (κ2) is 4.37. The molecule has 0 aliphatic rings. The normalized spacial score (nSPS) is 11.2. The molecule has 0 unspecified atom stereocenters. The van der Waals surface area contributed by atoms with Crippen molar-refractivity contribution in [3.8, 4) is 0 Å². The summed E-state index contributed by atoms with van der Waals surface area (Å²) in [5.41, 5.74) is 9.78. The molecular weight excluding hydrogens is 312 g/mol. The van der Waals surface area contributed by atoms with Crippen molar-refractivity contribution in [1.82, 2.24) is 15.0 Å². The van der Waals surface area contributed by atoms with Gasteiger partial charge < -0.3 is 10.7 Å². The third kappa shape index (κ3) is 2.13. The van der Waals surface area contributed by atoms with Gasteiger partial charge in [-0.1, -0.05) is 15.9 Å². The summed E-state index contributed by atoms with van der Waals surface area (Å²) in [5.74, 6) is 0.913. The molecule has 0 bridgehead atoms. The number of nitrogens with zero attached hydrogens (tertiary/aromatic N) is 2. The van der Waals surface area contributed by atoms with E-state index in [1.807, 2.05) is 11.4 Å². The number of rotatable bonds is 2. The predicted molar refractivity (Wildman–Crippen MR) is 77.9 cm³/mol. The van der Waals surface area contributed by atoms with Crippen LogP contribution in [-0.2, 0) is 6.42 Å². The first-order valence-electron chi connectivity index (χ1n) is 5.46. The van der Waals surface area contributed by atoms with E-state index in [0.717, 1.165) is 32.6 Å². The van der Waals surface area contributed by atoms with Crippen LogP contribution >= 0.6 is 27.3 Å². The number of nitrogens with two attached hydrogens (primary N) is 1. The van der Waals surface area contributed by atoms with Gasteiger partial charge in [-0.25, -0.2) is 9.97 Å². The summed E-state index contributed by atoms with van der Waals surface area (Å²) in [6.45, 7) is 2.05. The zero-order valence-corrected chi connectivity index (χ0v) is 12.1. The third-order valence-electron chi connectivity index (χ3n) is 2.71. The van der Waals surface area contributed by atoms with E-state index >= 15 is 0 Å². The second-order valence-electron chi connectivity index (χ2n) is 4.16. The first kappa shape index (κ1) is 11.7. The van der Waals surface area contributed by atoms with Gasteiger partial charge in [0.1, 0.15) is 5.82 Å². The molecule has 0 spiro atoms. The molecule has 18 heavy (non-hydrogen) atoms. The van der Waals surface area contributed by atoms with E-state index in [4.69, 9.17) is 5.73 Å². The van der Waals surface area contributed by atoms with E-state index in [1.165, 1.54) is 11.3 Å². The molecule has 0 saturated heterocycles. The van der Waals surface area contributed by atoms with Crippen LogP contribution in [0.5, 0.6) is 0 Å². The Kier molecular flexibility index (Phi) is 2.83. The van der Waals surface area contributed by atoms with Gasteiger partial charge in [0.2, 0.25) is 0 Å². The third-order valence-corrected chi connectivity index (χ3v) is 3.89. The number of imidazole rings is 1. The number of halogens is 1. The molecule has 0 saturated carbocycles. The van der Waals surface area contributed by atoms with Crippen molar-refractivity contribution in [3.63, 3.8) is 0 Å². The number of aryl methyl sites for hydroxylation is 1. The number of hydrogen-bond donors (Lipinski definition) is 2. The molecule has 3 rings (SSSR count). The highest BCUT2D eigenvalue weighted by Gasteiger charge is 2.08. The number of thiazole rings is 1. The van der Waals surface area contributed by atoms with Gasteiger partial charge in [0.25, 0.3) is 0 Å². The minimum absolute atomic E-state index is 0.597.